The van der Waals surface area contributed by atoms with Crippen molar-refractivity contribution >= 4 is 5.97 Å². The third kappa shape index (κ3) is 36.7. The van der Waals surface area contributed by atoms with Crippen molar-refractivity contribution < 1.29 is 44.2 Å². The molecule has 0 radical (unpaired) electrons. The van der Waals surface area contributed by atoms with Gasteiger partial charge < -0.3 is 39.4 Å². The number of hydrogen-bond acceptors (Lipinski definition) is 9. The molecule has 1 saturated heterocycles. The second-order valence-electron chi connectivity index (χ2n) is 16.8. The molecule has 0 saturated carbocycles. The average Bonchev–Trinajstić information content (AvgIpc) is 3.32. The Morgan fingerprint density at radius 2 is 0.879 bits per heavy atom. The van der Waals surface area contributed by atoms with Crippen molar-refractivity contribution in [1.82, 2.24) is 0 Å². The number of carbonyl (C=O) groups excluding carboxylic acids is 1. The lowest BCUT2D eigenvalue weighted by Gasteiger charge is -2.39. The van der Waals surface area contributed by atoms with Gasteiger partial charge in [-0.05, 0) is 103 Å². The molecule has 0 aromatic carbocycles. The van der Waals surface area contributed by atoms with Crippen molar-refractivity contribution in [2.45, 2.75) is 205 Å². The summed E-state index contributed by atoms with van der Waals surface area (Å²) in [4.78, 5) is 12.8. The van der Waals surface area contributed by atoms with Crippen LogP contribution in [0, 0.1) is 0 Å². The van der Waals surface area contributed by atoms with Gasteiger partial charge in [-0.15, -0.1) is 0 Å². The van der Waals surface area contributed by atoms with E-state index in [4.69, 9.17) is 18.9 Å². The topological polar surface area (TPSA) is 135 Å². The molecule has 0 spiro atoms. The Labute approximate surface area is 401 Å². The van der Waals surface area contributed by atoms with E-state index in [1.807, 2.05) is 0 Å². The number of allylic oxidation sites excluding steroid dienone is 20. The highest BCUT2D eigenvalue weighted by Gasteiger charge is 2.44. The van der Waals surface area contributed by atoms with E-state index in [0.717, 1.165) is 116 Å². The van der Waals surface area contributed by atoms with Crippen LogP contribution in [0.1, 0.15) is 168 Å². The van der Waals surface area contributed by atoms with E-state index in [1.54, 1.807) is 0 Å². The van der Waals surface area contributed by atoms with Gasteiger partial charge in [0.1, 0.15) is 30.5 Å². The lowest BCUT2D eigenvalue weighted by molar-refractivity contribution is -0.305. The Balaban J connectivity index is 2.25. The molecule has 1 rings (SSSR count). The number of rotatable bonds is 42. The lowest BCUT2D eigenvalue weighted by atomic mass is 9.99. The van der Waals surface area contributed by atoms with Gasteiger partial charge in [-0.25, -0.2) is 0 Å². The highest BCUT2D eigenvalue weighted by atomic mass is 16.7. The first kappa shape index (κ1) is 60.6. The molecule has 4 N–H and O–H groups in total. The quantitative estimate of drug-likeness (QED) is 0.0268. The fourth-order valence-electron chi connectivity index (χ4n) is 6.96. The second kappa shape index (κ2) is 46.7. The van der Waals surface area contributed by atoms with Gasteiger partial charge in [0.25, 0.3) is 0 Å². The molecular weight excluding hydrogens is 829 g/mol. The fourth-order valence-corrected chi connectivity index (χ4v) is 6.96. The van der Waals surface area contributed by atoms with Crippen molar-refractivity contribution in [2.24, 2.45) is 0 Å². The van der Waals surface area contributed by atoms with Crippen LogP contribution in [0.4, 0.5) is 0 Å². The molecule has 0 bridgehead atoms. The number of carbonyl (C=O) groups is 1. The summed E-state index contributed by atoms with van der Waals surface area (Å²) in [6.45, 7) is 4.19. The molecule has 6 atom stereocenters. The van der Waals surface area contributed by atoms with Crippen LogP contribution in [0.3, 0.4) is 0 Å². The van der Waals surface area contributed by atoms with Crippen LogP contribution in [0.5, 0.6) is 0 Å². The SMILES string of the molecule is CC/C=C\C/C=C\C/C=C\C/C=C\C/C=C\CCCCCCCCCCCC(=O)OC(COCCCC/C=C\C/C=C\C/C=C\C/C=C\C/C=C\CC)COC1OC(CO)C(O)C(O)C1O. The summed E-state index contributed by atoms with van der Waals surface area (Å²) in [6, 6.07) is 0. The van der Waals surface area contributed by atoms with Crippen molar-refractivity contribution in [1.29, 1.82) is 0 Å². The molecule has 374 valence electrons. The molecule has 0 aromatic rings. The van der Waals surface area contributed by atoms with Crippen LogP contribution in [0.25, 0.3) is 0 Å². The summed E-state index contributed by atoms with van der Waals surface area (Å²) in [6.07, 6.45) is 60.9. The highest BCUT2D eigenvalue weighted by molar-refractivity contribution is 5.69. The van der Waals surface area contributed by atoms with Crippen LogP contribution in [-0.4, -0.2) is 89.6 Å². The minimum atomic E-state index is -1.55. The second-order valence-corrected chi connectivity index (χ2v) is 16.8. The Bertz CT molecular complexity index is 1420. The van der Waals surface area contributed by atoms with E-state index in [1.165, 1.54) is 32.1 Å². The molecule has 1 fully saturated rings. The fraction of sp³-hybridized carbons (Fsp3) is 0.632. The lowest BCUT2D eigenvalue weighted by Crippen LogP contribution is -2.59. The van der Waals surface area contributed by atoms with Crippen LogP contribution in [0.15, 0.2) is 122 Å². The first-order chi connectivity index (χ1) is 32.4. The van der Waals surface area contributed by atoms with Gasteiger partial charge in [0, 0.05) is 13.0 Å². The monoisotopic (exact) mass is 921 g/mol. The molecule has 0 amide bonds. The largest absolute Gasteiger partial charge is 0.457 e. The number of ether oxygens (including phenoxy) is 4. The van der Waals surface area contributed by atoms with Crippen LogP contribution < -0.4 is 0 Å². The Morgan fingerprint density at radius 1 is 0.485 bits per heavy atom. The summed E-state index contributed by atoms with van der Waals surface area (Å²) in [7, 11) is 0. The summed E-state index contributed by atoms with van der Waals surface area (Å²) in [5.41, 5.74) is 0. The standard InChI is InChI=1S/C57H92O9/c1-3-5-7-9-11-13-15-17-19-21-23-24-25-26-27-28-29-30-32-34-36-38-40-42-44-46-53(59)65-51(50-64-57-56(62)55(61)54(60)52(48-58)66-57)49-63-47-45-43-41-39-37-35-33-31-22-20-18-16-14-12-10-8-6-4-2/h5-8,11-14,17-20,23-24,26-27,31,33,37,39,51-52,54-58,60-62H,3-4,9-10,15-16,21-22,25,28-30,32,34-36,38,40-50H2,1-2H3/b7-5-,8-6-,13-11-,14-12-,19-17-,20-18-,24-23-,27-26-,33-31-,39-37-. The molecule has 9 heteroatoms. The minimum absolute atomic E-state index is 0.104. The zero-order valence-electron chi connectivity index (χ0n) is 41.1. The van der Waals surface area contributed by atoms with Crippen molar-refractivity contribution in [2.75, 3.05) is 26.4 Å². The first-order valence-corrected chi connectivity index (χ1v) is 25.6. The van der Waals surface area contributed by atoms with Gasteiger partial charge in [0.2, 0.25) is 0 Å². The van der Waals surface area contributed by atoms with Gasteiger partial charge in [-0.1, -0.05) is 180 Å². The molecule has 9 nitrogen and oxygen atoms in total. The Hall–Kier alpha value is -3.41. The third-order valence-electron chi connectivity index (χ3n) is 10.9. The number of esters is 1. The van der Waals surface area contributed by atoms with E-state index < -0.39 is 43.4 Å². The molecule has 1 aliphatic heterocycles. The van der Waals surface area contributed by atoms with E-state index in [2.05, 4.69) is 135 Å². The smallest absolute Gasteiger partial charge is 0.306 e. The van der Waals surface area contributed by atoms with Gasteiger partial charge in [0.05, 0.1) is 19.8 Å². The molecule has 66 heavy (non-hydrogen) atoms. The maximum atomic E-state index is 12.8. The van der Waals surface area contributed by atoms with Gasteiger partial charge >= 0.3 is 5.97 Å². The minimum Gasteiger partial charge on any atom is -0.457 e. The number of aliphatic hydroxyl groups excluding tert-OH is 4. The van der Waals surface area contributed by atoms with Gasteiger partial charge in [0.15, 0.2) is 6.29 Å². The maximum Gasteiger partial charge on any atom is 0.306 e. The van der Waals surface area contributed by atoms with Crippen molar-refractivity contribution in [3.8, 4) is 0 Å². The van der Waals surface area contributed by atoms with E-state index in [-0.39, 0.29) is 19.2 Å². The zero-order chi connectivity index (χ0) is 47.8. The molecule has 1 heterocycles. The third-order valence-corrected chi connectivity index (χ3v) is 10.9. The average molecular weight is 921 g/mol. The summed E-state index contributed by atoms with van der Waals surface area (Å²) in [5, 5.41) is 40.2. The molecule has 0 aromatic heterocycles. The number of hydrogen-bond donors (Lipinski definition) is 4. The summed E-state index contributed by atoms with van der Waals surface area (Å²) in [5.74, 6) is -0.341. The predicted octanol–water partition coefficient (Wildman–Crippen LogP) is 12.7. The van der Waals surface area contributed by atoms with Crippen LogP contribution in [0.2, 0.25) is 0 Å². The highest BCUT2D eigenvalue weighted by Crippen LogP contribution is 2.22. The molecule has 1 aliphatic rings. The summed E-state index contributed by atoms with van der Waals surface area (Å²) >= 11 is 0. The molecular formula is C57H92O9. The van der Waals surface area contributed by atoms with E-state index in [9.17, 15) is 25.2 Å². The Morgan fingerprint density at radius 3 is 1.32 bits per heavy atom. The first-order valence-electron chi connectivity index (χ1n) is 25.6. The zero-order valence-corrected chi connectivity index (χ0v) is 41.1. The Kier molecular flexibility index (Phi) is 42.9. The van der Waals surface area contributed by atoms with Crippen molar-refractivity contribution in [3.05, 3.63) is 122 Å². The summed E-state index contributed by atoms with van der Waals surface area (Å²) < 4.78 is 22.8. The van der Waals surface area contributed by atoms with Gasteiger partial charge in [-0.3, -0.25) is 4.79 Å². The predicted molar refractivity (Wildman–Crippen MR) is 274 cm³/mol. The van der Waals surface area contributed by atoms with Crippen molar-refractivity contribution in [3.63, 3.8) is 0 Å². The van der Waals surface area contributed by atoms with Gasteiger partial charge in [-0.2, -0.15) is 0 Å². The number of aliphatic hydroxyl groups is 4. The molecule has 6 unspecified atom stereocenters. The molecule has 0 aliphatic carbocycles. The maximum absolute atomic E-state index is 12.8. The van der Waals surface area contributed by atoms with Crippen LogP contribution >= 0.6 is 0 Å². The van der Waals surface area contributed by atoms with Crippen LogP contribution in [-0.2, 0) is 23.7 Å². The number of unbranched alkanes of at least 4 members (excludes halogenated alkanes) is 11. The van der Waals surface area contributed by atoms with E-state index >= 15 is 0 Å². The normalized spacial score (nSPS) is 20.4. The van der Waals surface area contributed by atoms with E-state index in [0.29, 0.717) is 13.0 Å².